The minimum Gasteiger partial charge on any atom is -0.478 e. The van der Waals surface area contributed by atoms with Crippen molar-refractivity contribution in [2.45, 2.75) is 104 Å². The van der Waals surface area contributed by atoms with Crippen LogP contribution in [0.3, 0.4) is 0 Å². The van der Waals surface area contributed by atoms with Crippen molar-refractivity contribution in [2.24, 2.45) is 0 Å². The van der Waals surface area contributed by atoms with Crippen LogP contribution in [0.15, 0.2) is 0 Å². The van der Waals surface area contributed by atoms with E-state index in [1.54, 1.807) is 0 Å². The zero-order valence-corrected chi connectivity index (χ0v) is 24.6. The first-order chi connectivity index (χ1) is 20.4. The monoisotopic (exact) mass is 608 g/mol. The zero-order chi connectivity index (χ0) is 32.5. The lowest BCUT2D eigenvalue weighted by molar-refractivity contribution is -0.138. The van der Waals surface area contributed by atoms with Gasteiger partial charge in [-0.3, -0.25) is 4.79 Å². The highest BCUT2D eigenvalue weighted by molar-refractivity contribution is 6.23. The van der Waals surface area contributed by atoms with Gasteiger partial charge < -0.3 is 29.9 Å². The number of carbonyl (C=O) groups excluding carboxylic acids is 3. The van der Waals surface area contributed by atoms with Crippen LogP contribution < -0.4 is 0 Å². The smallest absolute Gasteiger partial charge is 0.347 e. The number of carboxylic acids is 4. The summed E-state index contributed by atoms with van der Waals surface area (Å²) in [5.74, 6) is -13.2. The molecule has 0 atom stereocenters. The topological polar surface area (TPSA) is 219 Å². The average Bonchev–Trinajstić information content (AvgIpc) is 2.93. The molecule has 0 saturated heterocycles. The number of ether oxygens (including phenoxy) is 2. The average molecular weight is 609 g/mol. The normalized spacial score (nSPS) is 10.7. The van der Waals surface area contributed by atoms with Crippen LogP contribution in [0.4, 0.5) is 0 Å². The summed E-state index contributed by atoms with van der Waals surface area (Å²) >= 11 is 0. The van der Waals surface area contributed by atoms with E-state index in [9.17, 15) is 54.0 Å². The Labute approximate surface area is 249 Å². The molecule has 13 heteroatoms. The number of carboxylic acid groups (broad SMARTS) is 4. The Bertz CT molecular complexity index is 1200. The summed E-state index contributed by atoms with van der Waals surface area (Å²) < 4.78 is 9.81. The van der Waals surface area contributed by atoms with E-state index in [0.717, 1.165) is 57.8 Å². The Morgan fingerprint density at radius 3 is 1.23 bits per heavy atom. The number of unbranched alkanes of at least 4 members (excludes halogenated alkanes) is 11. The SMILES string of the molecule is CCCCCCCCCC(=O)OC(=O)c1c(C(=O)O)c(C(=O)O)c(C(=O)O)c(C(=O)O)c1C(=O)OCCCCCCCC. The molecule has 13 nitrogen and oxygen atoms in total. The number of rotatable bonds is 21. The number of aromatic carboxylic acids is 4. The second-order valence-corrected chi connectivity index (χ2v) is 10.0. The van der Waals surface area contributed by atoms with Gasteiger partial charge in [-0.25, -0.2) is 28.8 Å². The van der Waals surface area contributed by atoms with Crippen LogP contribution in [0.1, 0.15) is 166 Å². The summed E-state index contributed by atoms with van der Waals surface area (Å²) in [5.41, 5.74) is -8.84. The second kappa shape index (κ2) is 19.0. The Kier molecular flexibility index (Phi) is 16.2. The maximum atomic E-state index is 13.2. The molecular formula is C30H40O13. The third-order valence-electron chi connectivity index (χ3n) is 6.69. The third kappa shape index (κ3) is 11.1. The molecule has 238 valence electrons. The van der Waals surface area contributed by atoms with E-state index >= 15 is 0 Å². The largest absolute Gasteiger partial charge is 0.478 e. The minimum absolute atomic E-state index is 0.273. The van der Waals surface area contributed by atoms with Crippen molar-refractivity contribution < 1.29 is 63.5 Å². The number of carbonyl (C=O) groups is 7. The first kappa shape index (κ1) is 36.7. The van der Waals surface area contributed by atoms with Gasteiger partial charge in [0.2, 0.25) is 0 Å². The van der Waals surface area contributed by atoms with E-state index in [4.69, 9.17) is 9.47 Å². The molecule has 0 aliphatic heterocycles. The van der Waals surface area contributed by atoms with Gasteiger partial charge in [-0.1, -0.05) is 84.5 Å². The second-order valence-electron chi connectivity index (χ2n) is 10.0. The molecule has 0 aliphatic carbocycles. The summed E-state index contributed by atoms with van der Waals surface area (Å²) in [6.45, 7) is 3.80. The fraction of sp³-hybridized carbons (Fsp3) is 0.567. The lowest BCUT2D eigenvalue weighted by Crippen LogP contribution is -2.30. The fourth-order valence-electron chi connectivity index (χ4n) is 4.57. The molecule has 0 bridgehead atoms. The highest BCUT2D eigenvalue weighted by atomic mass is 16.6. The molecular weight excluding hydrogens is 568 g/mol. The Hall–Kier alpha value is -4.29. The summed E-state index contributed by atoms with van der Waals surface area (Å²) in [6.07, 6.45) is 10.3. The zero-order valence-electron chi connectivity index (χ0n) is 24.6. The van der Waals surface area contributed by atoms with Crippen LogP contribution in [0.5, 0.6) is 0 Å². The van der Waals surface area contributed by atoms with Crippen LogP contribution >= 0.6 is 0 Å². The van der Waals surface area contributed by atoms with Crippen LogP contribution in [0, 0.1) is 0 Å². The first-order valence-corrected chi connectivity index (χ1v) is 14.5. The van der Waals surface area contributed by atoms with Crippen LogP contribution in [0.2, 0.25) is 0 Å². The van der Waals surface area contributed by atoms with Gasteiger partial charge in [0.05, 0.1) is 40.0 Å². The number of esters is 3. The Morgan fingerprint density at radius 2 is 0.814 bits per heavy atom. The third-order valence-corrected chi connectivity index (χ3v) is 6.69. The van der Waals surface area contributed by atoms with Gasteiger partial charge in [0.15, 0.2) is 0 Å². The summed E-state index contributed by atoms with van der Waals surface area (Å²) in [7, 11) is 0. The van der Waals surface area contributed by atoms with Gasteiger partial charge in [0, 0.05) is 6.42 Å². The summed E-state index contributed by atoms with van der Waals surface area (Å²) in [4.78, 5) is 87.3. The van der Waals surface area contributed by atoms with E-state index in [1.165, 1.54) is 0 Å². The van der Waals surface area contributed by atoms with E-state index in [2.05, 4.69) is 6.92 Å². The van der Waals surface area contributed by atoms with Crippen LogP contribution in [-0.2, 0) is 14.3 Å². The molecule has 0 saturated carbocycles. The van der Waals surface area contributed by atoms with E-state index in [0.29, 0.717) is 25.7 Å². The predicted molar refractivity (Wildman–Crippen MR) is 151 cm³/mol. The molecule has 43 heavy (non-hydrogen) atoms. The van der Waals surface area contributed by atoms with E-state index < -0.39 is 75.2 Å². The van der Waals surface area contributed by atoms with E-state index in [-0.39, 0.29) is 13.0 Å². The standard InChI is InChI=1S/C30H40O13/c1-3-5-7-9-11-12-14-16-18(31)43-30(41)24-22(28(38)39)20(26(34)35)19(25(32)33)21(27(36)37)23(24)29(40)42-17-15-13-10-8-6-4-2/h3-17H2,1-2H3,(H,32,33)(H,34,35)(H,36,37)(H,38,39). The molecule has 1 aromatic rings. The molecule has 0 heterocycles. The predicted octanol–water partition coefficient (Wildman–Crippen LogP) is 5.82. The van der Waals surface area contributed by atoms with Crippen LogP contribution in [-0.4, -0.2) is 68.8 Å². The van der Waals surface area contributed by atoms with Gasteiger partial charge in [-0.15, -0.1) is 0 Å². The molecule has 1 rings (SSSR count). The van der Waals surface area contributed by atoms with Crippen molar-refractivity contribution in [2.75, 3.05) is 6.61 Å². The molecule has 0 amide bonds. The molecule has 4 N–H and O–H groups in total. The summed E-state index contributed by atoms with van der Waals surface area (Å²) in [6, 6.07) is 0. The maximum absolute atomic E-state index is 13.2. The highest BCUT2D eigenvalue weighted by Crippen LogP contribution is 2.31. The van der Waals surface area contributed by atoms with Gasteiger partial charge in [-0.05, 0) is 12.8 Å². The number of benzene rings is 1. The van der Waals surface area contributed by atoms with E-state index in [1.807, 2.05) is 6.92 Å². The van der Waals surface area contributed by atoms with Gasteiger partial charge in [-0.2, -0.15) is 0 Å². The molecule has 0 unspecified atom stereocenters. The molecule has 0 spiro atoms. The Morgan fingerprint density at radius 1 is 0.465 bits per heavy atom. The quantitative estimate of drug-likeness (QED) is 0.0735. The number of hydrogen-bond donors (Lipinski definition) is 4. The first-order valence-electron chi connectivity index (χ1n) is 14.5. The molecule has 0 aromatic heterocycles. The molecule has 1 aromatic carbocycles. The van der Waals surface area contributed by atoms with Gasteiger partial charge in [0.1, 0.15) is 0 Å². The van der Waals surface area contributed by atoms with Crippen LogP contribution in [0.25, 0.3) is 0 Å². The molecule has 0 fully saturated rings. The van der Waals surface area contributed by atoms with Crippen molar-refractivity contribution in [3.05, 3.63) is 33.4 Å². The van der Waals surface area contributed by atoms with Gasteiger partial charge in [0.25, 0.3) is 0 Å². The Balaban J connectivity index is 3.53. The van der Waals surface area contributed by atoms with Crippen molar-refractivity contribution in [1.82, 2.24) is 0 Å². The van der Waals surface area contributed by atoms with Crippen molar-refractivity contribution in [3.63, 3.8) is 0 Å². The lowest BCUT2D eigenvalue weighted by atomic mass is 9.85. The lowest BCUT2D eigenvalue weighted by Gasteiger charge is -2.18. The maximum Gasteiger partial charge on any atom is 0.347 e. The van der Waals surface area contributed by atoms with Crippen molar-refractivity contribution in [3.8, 4) is 0 Å². The summed E-state index contributed by atoms with van der Waals surface area (Å²) in [5, 5.41) is 39.1. The van der Waals surface area contributed by atoms with Crippen molar-refractivity contribution >= 4 is 41.8 Å². The molecule has 0 aliphatic rings. The molecule has 0 radical (unpaired) electrons. The highest BCUT2D eigenvalue weighted by Gasteiger charge is 2.42. The van der Waals surface area contributed by atoms with Crippen molar-refractivity contribution in [1.29, 1.82) is 0 Å². The number of hydrogen-bond acceptors (Lipinski definition) is 9. The minimum atomic E-state index is -2.20. The van der Waals surface area contributed by atoms with Gasteiger partial charge >= 0.3 is 41.8 Å². The fourth-order valence-corrected chi connectivity index (χ4v) is 4.57.